The number of rotatable bonds is 2. The van der Waals surface area contributed by atoms with Crippen LogP contribution in [0.15, 0.2) is 18.2 Å². The van der Waals surface area contributed by atoms with Gasteiger partial charge in [0, 0.05) is 42.4 Å². The van der Waals surface area contributed by atoms with Crippen molar-refractivity contribution in [3.8, 4) is 0 Å². The summed E-state index contributed by atoms with van der Waals surface area (Å²) in [5.74, 6) is -0.175. The molecule has 0 bridgehead atoms. The summed E-state index contributed by atoms with van der Waals surface area (Å²) < 4.78 is 0. The van der Waals surface area contributed by atoms with Crippen molar-refractivity contribution in [1.82, 2.24) is 10.2 Å². The maximum absolute atomic E-state index is 12.6. The van der Waals surface area contributed by atoms with E-state index in [2.05, 4.69) is 5.32 Å². The Hall–Kier alpha value is -1.66. The SMILES string of the molecule is O=C(c1cc(Cl)cc([N+](=O)[O-])c1)N1CCC2(CCNC2)CC1. The molecule has 3 rings (SSSR count). The fraction of sp³-hybridized carbons (Fsp3) is 0.533. The van der Waals surface area contributed by atoms with Crippen LogP contribution in [0.4, 0.5) is 5.69 Å². The van der Waals surface area contributed by atoms with Crippen molar-refractivity contribution in [3.63, 3.8) is 0 Å². The zero-order valence-corrected chi connectivity index (χ0v) is 12.9. The Morgan fingerprint density at radius 1 is 1.27 bits per heavy atom. The molecule has 6 nitrogen and oxygen atoms in total. The maximum Gasteiger partial charge on any atom is 0.271 e. The van der Waals surface area contributed by atoms with Crippen LogP contribution in [-0.2, 0) is 0 Å². The number of carbonyl (C=O) groups is 1. The molecule has 0 unspecified atom stereocenters. The molecule has 1 amide bonds. The molecule has 2 fully saturated rings. The number of hydrogen-bond donors (Lipinski definition) is 1. The third-order valence-corrected chi connectivity index (χ3v) is 5.00. The molecule has 1 aromatic carbocycles. The molecule has 1 spiro atoms. The first kappa shape index (κ1) is 15.2. The van der Waals surface area contributed by atoms with E-state index in [4.69, 9.17) is 11.6 Å². The summed E-state index contributed by atoms with van der Waals surface area (Å²) in [7, 11) is 0. The monoisotopic (exact) mass is 323 g/mol. The van der Waals surface area contributed by atoms with E-state index >= 15 is 0 Å². The van der Waals surface area contributed by atoms with Crippen molar-refractivity contribution in [1.29, 1.82) is 0 Å². The van der Waals surface area contributed by atoms with Crippen molar-refractivity contribution < 1.29 is 9.72 Å². The number of amides is 1. The molecule has 0 aromatic heterocycles. The minimum atomic E-state index is -0.530. The van der Waals surface area contributed by atoms with Crippen LogP contribution >= 0.6 is 11.6 Å². The summed E-state index contributed by atoms with van der Waals surface area (Å²) in [4.78, 5) is 24.7. The average Bonchev–Trinajstić information content (AvgIpc) is 2.95. The van der Waals surface area contributed by atoms with E-state index in [1.165, 1.54) is 18.2 Å². The summed E-state index contributed by atoms with van der Waals surface area (Å²) >= 11 is 5.89. The van der Waals surface area contributed by atoms with Gasteiger partial charge in [-0.25, -0.2) is 0 Å². The van der Waals surface area contributed by atoms with E-state index < -0.39 is 4.92 Å². The van der Waals surface area contributed by atoms with Gasteiger partial charge in [-0.1, -0.05) is 11.6 Å². The van der Waals surface area contributed by atoms with E-state index in [0.717, 1.165) is 32.4 Å². The lowest BCUT2D eigenvalue weighted by Crippen LogP contribution is -2.44. The Morgan fingerprint density at radius 2 is 2.00 bits per heavy atom. The van der Waals surface area contributed by atoms with Crippen LogP contribution in [0.3, 0.4) is 0 Å². The number of likely N-dealkylation sites (tertiary alicyclic amines) is 1. The molecule has 2 aliphatic heterocycles. The highest BCUT2D eigenvalue weighted by Crippen LogP contribution is 2.37. The minimum Gasteiger partial charge on any atom is -0.339 e. The summed E-state index contributed by atoms with van der Waals surface area (Å²) in [6.45, 7) is 3.47. The van der Waals surface area contributed by atoms with Crippen molar-refractivity contribution in [2.75, 3.05) is 26.2 Å². The molecule has 1 aromatic rings. The van der Waals surface area contributed by atoms with Gasteiger partial charge in [0.1, 0.15) is 0 Å². The zero-order valence-electron chi connectivity index (χ0n) is 12.2. The van der Waals surface area contributed by atoms with Crippen LogP contribution in [-0.4, -0.2) is 41.9 Å². The molecular formula is C15H18ClN3O3. The maximum atomic E-state index is 12.6. The highest BCUT2D eigenvalue weighted by Gasteiger charge is 2.38. The summed E-state index contributed by atoms with van der Waals surface area (Å²) in [5.41, 5.74) is 0.473. The third-order valence-electron chi connectivity index (χ3n) is 4.78. The lowest BCUT2D eigenvalue weighted by Gasteiger charge is -2.38. The second-order valence-corrected chi connectivity index (χ2v) is 6.61. The molecule has 2 saturated heterocycles. The van der Waals surface area contributed by atoms with Gasteiger partial charge in [-0.3, -0.25) is 14.9 Å². The number of nitrogens with zero attached hydrogens (tertiary/aromatic N) is 2. The van der Waals surface area contributed by atoms with Gasteiger partial charge in [0.25, 0.3) is 11.6 Å². The van der Waals surface area contributed by atoms with E-state index in [1.807, 2.05) is 0 Å². The highest BCUT2D eigenvalue weighted by atomic mass is 35.5. The molecule has 0 aliphatic carbocycles. The Bertz CT molecular complexity index is 604. The topological polar surface area (TPSA) is 75.5 Å². The van der Waals surface area contributed by atoms with Gasteiger partial charge in [-0.05, 0) is 37.3 Å². The number of hydrogen-bond acceptors (Lipinski definition) is 4. The first-order valence-corrected chi connectivity index (χ1v) is 7.82. The van der Waals surface area contributed by atoms with Gasteiger partial charge in [-0.15, -0.1) is 0 Å². The highest BCUT2D eigenvalue weighted by molar-refractivity contribution is 6.31. The van der Waals surface area contributed by atoms with E-state index in [9.17, 15) is 14.9 Å². The van der Waals surface area contributed by atoms with Crippen molar-refractivity contribution >= 4 is 23.2 Å². The lowest BCUT2D eigenvalue weighted by atomic mass is 9.78. The van der Waals surface area contributed by atoms with Gasteiger partial charge in [-0.2, -0.15) is 0 Å². The van der Waals surface area contributed by atoms with Crippen LogP contribution in [0.2, 0.25) is 5.02 Å². The molecule has 1 N–H and O–H groups in total. The fourth-order valence-corrected chi connectivity index (χ4v) is 3.62. The van der Waals surface area contributed by atoms with Crippen LogP contribution in [0.5, 0.6) is 0 Å². The van der Waals surface area contributed by atoms with Gasteiger partial charge in [0.2, 0.25) is 0 Å². The Balaban J connectivity index is 1.73. The first-order chi connectivity index (χ1) is 10.5. The Labute approximate surface area is 133 Å². The summed E-state index contributed by atoms with van der Waals surface area (Å²) in [5, 5.41) is 14.5. The van der Waals surface area contributed by atoms with Gasteiger partial charge in [0.15, 0.2) is 0 Å². The van der Waals surface area contributed by atoms with Crippen LogP contribution in [0, 0.1) is 15.5 Å². The van der Waals surface area contributed by atoms with E-state index in [0.29, 0.717) is 24.1 Å². The van der Waals surface area contributed by atoms with Gasteiger partial charge < -0.3 is 10.2 Å². The quantitative estimate of drug-likeness (QED) is 0.670. The number of non-ortho nitro benzene ring substituents is 1. The summed E-state index contributed by atoms with van der Waals surface area (Å²) in [6, 6.07) is 4.06. The average molecular weight is 324 g/mol. The lowest BCUT2D eigenvalue weighted by molar-refractivity contribution is -0.384. The standard InChI is InChI=1S/C15H18ClN3O3/c16-12-7-11(8-13(9-12)19(21)22)14(20)18-5-2-15(3-6-18)1-4-17-10-15/h7-9,17H,1-6,10H2. The number of nitro benzene ring substituents is 1. The number of nitrogens with one attached hydrogen (secondary N) is 1. The summed E-state index contributed by atoms with van der Waals surface area (Å²) in [6.07, 6.45) is 3.13. The fourth-order valence-electron chi connectivity index (χ4n) is 3.39. The zero-order chi connectivity index (χ0) is 15.7. The predicted molar refractivity (Wildman–Crippen MR) is 83.2 cm³/mol. The molecule has 2 aliphatic rings. The Kier molecular flexibility index (Phi) is 4.06. The molecule has 22 heavy (non-hydrogen) atoms. The number of nitro groups is 1. The molecular weight excluding hydrogens is 306 g/mol. The van der Waals surface area contributed by atoms with Crippen LogP contribution in [0.25, 0.3) is 0 Å². The molecule has 118 valence electrons. The number of piperidine rings is 1. The predicted octanol–water partition coefficient (Wildman–Crippen LogP) is 2.46. The molecule has 0 atom stereocenters. The molecule has 0 saturated carbocycles. The normalized spacial score (nSPS) is 20.3. The smallest absolute Gasteiger partial charge is 0.271 e. The van der Waals surface area contributed by atoms with Crippen molar-refractivity contribution in [3.05, 3.63) is 38.9 Å². The molecule has 2 heterocycles. The van der Waals surface area contributed by atoms with Crippen molar-refractivity contribution in [2.45, 2.75) is 19.3 Å². The Morgan fingerprint density at radius 3 is 2.59 bits per heavy atom. The number of benzene rings is 1. The van der Waals surface area contributed by atoms with E-state index in [-0.39, 0.29) is 16.6 Å². The second-order valence-electron chi connectivity index (χ2n) is 6.17. The first-order valence-electron chi connectivity index (χ1n) is 7.44. The van der Waals surface area contributed by atoms with E-state index in [1.54, 1.807) is 4.90 Å². The van der Waals surface area contributed by atoms with Gasteiger partial charge >= 0.3 is 0 Å². The molecule has 0 radical (unpaired) electrons. The number of carbonyl (C=O) groups excluding carboxylic acids is 1. The largest absolute Gasteiger partial charge is 0.339 e. The third kappa shape index (κ3) is 2.94. The van der Waals surface area contributed by atoms with Crippen LogP contribution in [0.1, 0.15) is 29.6 Å². The van der Waals surface area contributed by atoms with Crippen LogP contribution < -0.4 is 5.32 Å². The molecule has 7 heteroatoms. The van der Waals surface area contributed by atoms with Gasteiger partial charge in [0.05, 0.1) is 4.92 Å². The van der Waals surface area contributed by atoms with Crippen molar-refractivity contribution in [2.24, 2.45) is 5.41 Å². The second kappa shape index (κ2) is 5.85. The minimum absolute atomic E-state index is 0.149. The number of halogens is 1.